The number of aryl methyl sites for hydroxylation is 2. The SMILES string of the molecule is C[C@@]1(c2ccc3c(c2)CCC3)NC(=O)N(C[C@@H](C#N)CCC#N)C1=O. The lowest BCUT2D eigenvalue weighted by Crippen LogP contribution is -2.41. The lowest BCUT2D eigenvalue weighted by Gasteiger charge is -2.23. The molecule has 25 heavy (non-hydrogen) atoms. The van der Waals surface area contributed by atoms with Crippen LogP contribution in [0.5, 0.6) is 0 Å². The van der Waals surface area contributed by atoms with Crippen LogP contribution in [-0.4, -0.2) is 23.4 Å². The Labute approximate surface area is 147 Å². The Kier molecular flexibility index (Phi) is 4.46. The zero-order valence-electron chi connectivity index (χ0n) is 14.2. The number of nitrogens with zero attached hydrogens (tertiary/aromatic N) is 3. The summed E-state index contributed by atoms with van der Waals surface area (Å²) in [4.78, 5) is 26.4. The number of hydrogen-bond acceptors (Lipinski definition) is 4. The first-order valence-electron chi connectivity index (χ1n) is 8.52. The highest BCUT2D eigenvalue weighted by Crippen LogP contribution is 2.33. The second kappa shape index (κ2) is 6.57. The fourth-order valence-electron chi connectivity index (χ4n) is 3.60. The van der Waals surface area contributed by atoms with Crippen LogP contribution < -0.4 is 5.32 Å². The number of hydrogen-bond donors (Lipinski definition) is 1. The van der Waals surface area contributed by atoms with Gasteiger partial charge in [-0.2, -0.15) is 10.5 Å². The summed E-state index contributed by atoms with van der Waals surface area (Å²) in [6.45, 7) is 1.73. The number of imide groups is 1. The van der Waals surface area contributed by atoms with Crippen LogP contribution in [0.25, 0.3) is 0 Å². The molecule has 0 spiro atoms. The molecule has 1 aromatic rings. The number of urea groups is 1. The number of carbonyl (C=O) groups excluding carboxylic acids is 2. The van der Waals surface area contributed by atoms with Gasteiger partial charge in [0, 0.05) is 13.0 Å². The summed E-state index contributed by atoms with van der Waals surface area (Å²) in [6.07, 6.45) is 3.74. The van der Waals surface area contributed by atoms with E-state index in [4.69, 9.17) is 5.26 Å². The first-order chi connectivity index (χ1) is 12.0. The Balaban J connectivity index is 1.82. The number of amides is 3. The van der Waals surface area contributed by atoms with Crippen LogP contribution in [0.1, 0.15) is 42.9 Å². The quantitative estimate of drug-likeness (QED) is 0.835. The predicted octanol–water partition coefficient (Wildman–Crippen LogP) is 2.39. The summed E-state index contributed by atoms with van der Waals surface area (Å²) in [5.74, 6) is -0.871. The minimum Gasteiger partial charge on any atom is -0.319 e. The summed E-state index contributed by atoms with van der Waals surface area (Å²) in [5.41, 5.74) is 2.22. The topological polar surface area (TPSA) is 97.0 Å². The third-order valence-electron chi connectivity index (χ3n) is 5.14. The van der Waals surface area contributed by atoms with E-state index in [0.717, 1.165) is 29.7 Å². The molecule has 2 atom stereocenters. The van der Waals surface area contributed by atoms with E-state index in [1.54, 1.807) is 6.92 Å². The molecule has 2 aliphatic rings. The van der Waals surface area contributed by atoms with Gasteiger partial charge < -0.3 is 5.32 Å². The molecule has 0 radical (unpaired) electrons. The Bertz CT molecular complexity index is 805. The summed E-state index contributed by atoms with van der Waals surface area (Å²) in [7, 11) is 0. The van der Waals surface area contributed by atoms with Crippen molar-refractivity contribution >= 4 is 11.9 Å². The summed E-state index contributed by atoms with van der Waals surface area (Å²) >= 11 is 0. The van der Waals surface area contributed by atoms with E-state index in [0.29, 0.717) is 6.42 Å². The van der Waals surface area contributed by atoms with Crippen molar-refractivity contribution < 1.29 is 9.59 Å². The Morgan fingerprint density at radius 3 is 2.76 bits per heavy atom. The zero-order valence-corrected chi connectivity index (χ0v) is 14.2. The van der Waals surface area contributed by atoms with Crippen molar-refractivity contribution in [1.82, 2.24) is 10.2 Å². The molecule has 3 amide bonds. The molecule has 1 aliphatic carbocycles. The highest BCUT2D eigenvalue weighted by Gasteiger charge is 2.49. The third kappa shape index (κ3) is 2.96. The number of carbonyl (C=O) groups is 2. The van der Waals surface area contributed by atoms with Crippen molar-refractivity contribution in [3.05, 3.63) is 34.9 Å². The summed E-state index contributed by atoms with van der Waals surface area (Å²) in [5, 5.41) is 20.7. The second-order valence-electron chi connectivity index (χ2n) is 6.83. The molecule has 1 N–H and O–H groups in total. The fourth-order valence-corrected chi connectivity index (χ4v) is 3.60. The van der Waals surface area contributed by atoms with Crippen LogP contribution in [0.4, 0.5) is 4.79 Å². The van der Waals surface area contributed by atoms with Crippen LogP contribution in [0.15, 0.2) is 18.2 Å². The van der Waals surface area contributed by atoms with Gasteiger partial charge in [0.05, 0.1) is 18.1 Å². The molecule has 1 aliphatic heterocycles. The van der Waals surface area contributed by atoms with Gasteiger partial charge >= 0.3 is 6.03 Å². The van der Waals surface area contributed by atoms with Gasteiger partial charge in [0.25, 0.3) is 5.91 Å². The van der Waals surface area contributed by atoms with Gasteiger partial charge in [-0.3, -0.25) is 9.69 Å². The van der Waals surface area contributed by atoms with Crippen molar-refractivity contribution in [1.29, 1.82) is 10.5 Å². The largest absolute Gasteiger partial charge is 0.325 e. The molecular formula is C19H20N4O2. The second-order valence-corrected chi connectivity index (χ2v) is 6.83. The minimum atomic E-state index is -1.11. The van der Waals surface area contributed by atoms with Gasteiger partial charge in [0.2, 0.25) is 0 Å². The van der Waals surface area contributed by atoms with Crippen molar-refractivity contribution in [3.8, 4) is 12.1 Å². The van der Waals surface area contributed by atoms with E-state index < -0.39 is 17.5 Å². The van der Waals surface area contributed by atoms with Crippen molar-refractivity contribution in [2.24, 2.45) is 5.92 Å². The fraction of sp³-hybridized carbons (Fsp3) is 0.474. The molecule has 1 fully saturated rings. The standard InChI is InChI=1S/C19H20N4O2/c1-19(16-8-7-14-5-2-6-15(14)10-16)17(24)23(18(25)22-19)12-13(11-21)4-3-9-20/h7-8,10,13H,2-6,12H2,1H3,(H,22,25)/t13-,19+/m1/s1. The van der Waals surface area contributed by atoms with E-state index in [-0.39, 0.29) is 18.9 Å². The highest BCUT2D eigenvalue weighted by atomic mass is 16.2. The molecule has 6 nitrogen and oxygen atoms in total. The molecular weight excluding hydrogens is 316 g/mol. The normalized spacial score (nSPS) is 22.9. The van der Waals surface area contributed by atoms with Crippen LogP contribution in [0.2, 0.25) is 0 Å². The van der Waals surface area contributed by atoms with Crippen molar-refractivity contribution in [2.45, 2.75) is 44.6 Å². The third-order valence-corrected chi connectivity index (χ3v) is 5.14. The number of nitriles is 2. The number of nitrogens with one attached hydrogen (secondary N) is 1. The van der Waals surface area contributed by atoms with Gasteiger partial charge in [0.1, 0.15) is 5.54 Å². The van der Waals surface area contributed by atoms with E-state index in [9.17, 15) is 14.9 Å². The first-order valence-corrected chi connectivity index (χ1v) is 8.52. The maximum atomic E-state index is 12.9. The van der Waals surface area contributed by atoms with Gasteiger partial charge in [-0.1, -0.05) is 18.2 Å². The van der Waals surface area contributed by atoms with Gasteiger partial charge in [0.15, 0.2) is 0 Å². The molecule has 1 heterocycles. The molecule has 6 heteroatoms. The maximum Gasteiger partial charge on any atom is 0.325 e. The predicted molar refractivity (Wildman–Crippen MR) is 90.0 cm³/mol. The summed E-state index contributed by atoms with van der Waals surface area (Å²) < 4.78 is 0. The van der Waals surface area contributed by atoms with Crippen LogP contribution in [0.3, 0.4) is 0 Å². The number of fused-ring (bicyclic) bond motifs is 1. The molecule has 128 valence electrons. The molecule has 0 unspecified atom stereocenters. The van der Waals surface area contributed by atoms with Crippen LogP contribution in [-0.2, 0) is 23.2 Å². The van der Waals surface area contributed by atoms with E-state index >= 15 is 0 Å². The zero-order chi connectivity index (χ0) is 18.0. The molecule has 0 saturated carbocycles. The Hall–Kier alpha value is -2.86. The highest BCUT2D eigenvalue weighted by molar-refractivity contribution is 6.07. The lowest BCUT2D eigenvalue weighted by molar-refractivity contribution is -0.131. The van der Waals surface area contributed by atoms with E-state index in [1.165, 1.54) is 11.1 Å². The minimum absolute atomic E-state index is 0.0172. The molecule has 3 rings (SSSR count). The monoisotopic (exact) mass is 336 g/mol. The van der Waals surface area contributed by atoms with Gasteiger partial charge in [-0.15, -0.1) is 0 Å². The molecule has 1 saturated heterocycles. The van der Waals surface area contributed by atoms with Crippen LogP contribution >= 0.6 is 0 Å². The Morgan fingerprint density at radius 2 is 2.04 bits per heavy atom. The average Bonchev–Trinajstić information content (AvgIpc) is 3.16. The summed E-state index contributed by atoms with van der Waals surface area (Å²) in [6, 6.07) is 9.55. The number of rotatable bonds is 5. The average molecular weight is 336 g/mol. The van der Waals surface area contributed by atoms with E-state index in [2.05, 4.69) is 11.4 Å². The Morgan fingerprint density at radius 1 is 1.28 bits per heavy atom. The van der Waals surface area contributed by atoms with Crippen molar-refractivity contribution in [3.63, 3.8) is 0 Å². The molecule has 0 bridgehead atoms. The lowest BCUT2D eigenvalue weighted by atomic mass is 9.89. The van der Waals surface area contributed by atoms with Gasteiger partial charge in [-0.25, -0.2) is 4.79 Å². The molecule has 0 aromatic heterocycles. The maximum absolute atomic E-state index is 12.9. The number of benzene rings is 1. The molecule has 1 aromatic carbocycles. The van der Waals surface area contributed by atoms with Crippen molar-refractivity contribution in [2.75, 3.05) is 6.54 Å². The smallest absolute Gasteiger partial charge is 0.319 e. The first kappa shape index (κ1) is 17.0. The van der Waals surface area contributed by atoms with Crippen LogP contribution in [0, 0.1) is 28.6 Å². The van der Waals surface area contributed by atoms with Gasteiger partial charge in [-0.05, 0) is 49.3 Å². The van der Waals surface area contributed by atoms with E-state index in [1.807, 2.05) is 24.3 Å².